The van der Waals surface area contributed by atoms with Crippen molar-refractivity contribution >= 4 is 38.8 Å². The summed E-state index contributed by atoms with van der Waals surface area (Å²) in [4.78, 5) is 29.8. The Morgan fingerprint density at radius 3 is 2.55 bits per heavy atom. The average Bonchev–Trinajstić information content (AvgIpc) is 3.43. The third-order valence-corrected chi connectivity index (χ3v) is 5.96. The van der Waals surface area contributed by atoms with E-state index in [1.165, 1.54) is 17.2 Å². The van der Waals surface area contributed by atoms with Gasteiger partial charge in [-0.15, -0.1) is 0 Å². The predicted octanol–water partition coefficient (Wildman–Crippen LogP) is 0.789. The summed E-state index contributed by atoms with van der Waals surface area (Å²) in [6.07, 6.45) is -1.98. The maximum absolute atomic E-state index is 12.9. The van der Waals surface area contributed by atoms with E-state index < -0.39 is 36.2 Å². The molecular weight excluding hydrogens is 470 g/mol. The Kier molecular flexibility index (Phi) is 6.15. The molecule has 164 valence electrons. The standard InChI is InChI=1S/C21H22BrN3O6/c22-12-10-31-17-7-14(23-18(12)17)20(29)24-13(6-11-4-2-1-3-5-11)19(28)21(30)25-8-15(26)16(27)9-25/h1-5,7,10,13,15-16,19,23,26-28H,6,8-9H2,(H,24,29)/t13-,15-,16+,19+/m0/s1. The predicted molar refractivity (Wildman–Crippen MR) is 114 cm³/mol. The fraction of sp³-hybridized carbons (Fsp3) is 0.333. The minimum Gasteiger partial charge on any atom is -0.461 e. The Morgan fingerprint density at radius 1 is 1.23 bits per heavy atom. The maximum Gasteiger partial charge on any atom is 0.268 e. The van der Waals surface area contributed by atoms with Crippen molar-refractivity contribution in [1.82, 2.24) is 15.2 Å². The minimum absolute atomic E-state index is 0.0793. The molecule has 5 N–H and O–H groups in total. The number of benzene rings is 1. The van der Waals surface area contributed by atoms with Crippen LogP contribution in [0.4, 0.5) is 0 Å². The molecule has 4 rings (SSSR count). The Morgan fingerprint density at radius 2 is 1.90 bits per heavy atom. The van der Waals surface area contributed by atoms with Crippen LogP contribution in [-0.4, -0.2) is 74.5 Å². The van der Waals surface area contributed by atoms with Gasteiger partial charge in [0.05, 0.1) is 28.2 Å². The number of likely N-dealkylation sites (tertiary alicyclic amines) is 1. The topological polar surface area (TPSA) is 139 Å². The van der Waals surface area contributed by atoms with Gasteiger partial charge in [-0.2, -0.15) is 0 Å². The van der Waals surface area contributed by atoms with Gasteiger partial charge < -0.3 is 34.9 Å². The maximum atomic E-state index is 12.9. The Hall–Kier alpha value is -2.66. The summed E-state index contributed by atoms with van der Waals surface area (Å²) in [5, 5.41) is 33.0. The number of rotatable bonds is 6. The number of amides is 2. The van der Waals surface area contributed by atoms with Crippen LogP contribution in [0, 0.1) is 0 Å². The van der Waals surface area contributed by atoms with E-state index in [4.69, 9.17) is 4.42 Å². The van der Waals surface area contributed by atoms with Crippen molar-refractivity contribution in [2.75, 3.05) is 13.1 Å². The van der Waals surface area contributed by atoms with E-state index in [-0.39, 0.29) is 25.2 Å². The van der Waals surface area contributed by atoms with E-state index in [2.05, 4.69) is 26.2 Å². The number of carbonyl (C=O) groups excluding carboxylic acids is 2. The fourth-order valence-electron chi connectivity index (χ4n) is 3.67. The number of H-pyrrole nitrogens is 1. The Balaban J connectivity index is 1.54. The van der Waals surface area contributed by atoms with Crippen LogP contribution in [0.3, 0.4) is 0 Å². The molecule has 4 atom stereocenters. The lowest BCUT2D eigenvalue weighted by Gasteiger charge is -2.27. The highest BCUT2D eigenvalue weighted by molar-refractivity contribution is 9.10. The summed E-state index contributed by atoms with van der Waals surface area (Å²) in [5.74, 6) is -1.17. The first-order chi connectivity index (χ1) is 14.8. The van der Waals surface area contributed by atoms with E-state index in [0.29, 0.717) is 15.6 Å². The van der Waals surface area contributed by atoms with Gasteiger partial charge in [0.1, 0.15) is 12.0 Å². The van der Waals surface area contributed by atoms with Crippen molar-refractivity contribution in [3.63, 3.8) is 0 Å². The van der Waals surface area contributed by atoms with Crippen molar-refractivity contribution in [2.24, 2.45) is 0 Å². The SMILES string of the molecule is O=C(N[C@@H](Cc1ccccc1)[C@@H](O)C(=O)N1C[C@@H](O)[C@@H](O)C1)c1cc2occ(Br)c2[nH]1. The number of furan rings is 1. The van der Waals surface area contributed by atoms with Crippen LogP contribution in [0.5, 0.6) is 0 Å². The summed E-state index contributed by atoms with van der Waals surface area (Å²) < 4.78 is 6.01. The van der Waals surface area contributed by atoms with E-state index in [1.807, 2.05) is 30.3 Å². The summed E-state index contributed by atoms with van der Waals surface area (Å²) >= 11 is 3.33. The Labute approximate surface area is 185 Å². The number of β-amino-alcohol motifs (C(OH)–C–C–N with tert-alkyl or cyclic N) is 2. The van der Waals surface area contributed by atoms with Gasteiger partial charge >= 0.3 is 0 Å². The molecule has 31 heavy (non-hydrogen) atoms. The fourth-order valence-corrected chi connectivity index (χ4v) is 4.05. The largest absolute Gasteiger partial charge is 0.461 e. The Bertz CT molecular complexity index is 1070. The number of aliphatic hydroxyl groups excluding tert-OH is 3. The van der Waals surface area contributed by atoms with Gasteiger partial charge in [0.2, 0.25) is 0 Å². The second kappa shape index (κ2) is 8.83. The molecule has 0 unspecified atom stereocenters. The lowest BCUT2D eigenvalue weighted by Crippen LogP contribution is -2.52. The van der Waals surface area contributed by atoms with E-state index in [0.717, 1.165) is 5.56 Å². The molecule has 0 aliphatic carbocycles. The molecule has 1 aliphatic heterocycles. The highest BCUT2D eigenvalue weighted by Gasteiger charge is 2.38. The summed E-state index contributed by atoms with van der Waals surface area (Å²) in [5.41, 5.74) is 2.17. The first-order valence-corrected chi connectivity index (χ1v) is 10.6. The number of nitrogens with one attached hydrogen (secondary N) is 2. The number of aliphatic hydroxyl groups is 3. The van der Waals surface area contributed by atoms with Crippen LogP contribution >= 0.6 is 15.9 Å². The smallest absolute Gasteiger partial charge is 0.268 e. The first-order valence-electron chi connectivity index (χ1n) is 9.77. The lowest BCUT2D eigenvalue weighted by atomic mass is 10.00. The lowest BCUT2D eigenvalue weighted by molar-refractivity contribution is -0.141. The average molecular weight is 492 g/mol. The molecular formula is C21H22BrN3O6. The van der Waals surface area contributed by atoms with Crippen LogP contribution in [0.1, 0.15) is 16.1 Å². The molecule has 1 aliphatic rings. The van der Waals surface area contributed by atoms with Crippen molar-refractivity contribution in [3.8, 4) is 0 Å². The van der Waals surface area contributed by atoms with Crippen molar-refractivity contribution < 1.29 is 29.3 Å². The van der Waals surface area contributed by atoms with Gasteiger partial charge in [0.25, 0.3) is 11.8 Å². The molecule has 3 aromatic rings. The number of hydrogen-bond donors (Lipinski definition) is 5. The summed E-state index contributed by atoms with van der Waals surface area (Å²) in [6, 6.07) is 9.76. The zero-order valence-electron chi connectivity index (χ0n) is 16.4. The van der Waals surface area contributed by atoms with Gasteiger partial charge in [0, 0.05) is 19.2 Å². The van der Waals surface area contributed by atoms with Crippen LogP contribution in [0.15, 0.2) is 51.6 Å². The van der Waals surface area contributed by atoms with Crippen molar-refractivity contribution in [3.05, 3.63) is 58.4 Å². The summed E-state index contributed by atoms with van der Waals surface area (Å²) in [6.45, 7) is -0.159. The quantitative estimate of drug-likeness (QED) is 0.345. The molecule has 0 bridgehead atoms. The third kappa shape index (κ3) is 4.52. The molecule has 3 heterocycles. The number of fused-ring (bicyclic) bond motifs is 1. The van der Waals surface area contributed by atoms with Gasteiger partial charge in [-0.05, 0) is 27.9 Å². The number of nitrogens with zero attached hydrogens (tertiary/aromatic N) is 1. The minimum atomic E-state index is -1.56. The van der Waals surface area contributed by atoms with E-state index >= 15 is 0 Å². The second-order valence-corrected chi connectivity index (χ2v) is 8.45. The molecule has 9 nitrogen and oxygen atoms in total. The zero-order valence-corrected chi connectivity index (χ0v) is 17.9. The van der Waals surface area contributed by atoms with E-state index in [9.17, 15) is 24.9 Å². The number of aromatic amines is 1. The highest BCUT2D eigenvalue weighted by Crippen LogP contribution is 2.26. The van der Waals surface area contributed by atoms with Crippen molar-refractivity contribution in [1.29, 1.82) is 0 Å². The third-order valence-electron chi connectivity index (χ3n) is 5.37. The van der Waals surface area contributed by atoms with Crippen LogP contribution in [0.2, 0.25) is 0 Å². The van der Waals surface area contributed by atoms with Gasteiger partial charge in [0.15, 0.2) is 11.7 Å². The number of aromatic nitrogens is 1. The van der Waals surface area contributed by atoms with Gasteiger partial charge in [-0.3, -0.25) is 9.59 Å². The van der Waals surface area contributed by atoms with Gasteiger partial charge in [-0.1, -0.05) is 30.3 Å². The monoisotopic (exact) mass is 491 g/mol. The molecule has 10 heteroatoms. The summed E-state index contributed by atoms with van der Waals surface area (Å²) in [7, 11) is 0. The van der Waals surface area contributed by atoms with Crippen molar-refractivity contribution in [2.45, 2.75) is 30.8 Å². The van der Waals surface area contributed by atoms with Crippen LogP contribution in [-0.2, 0) is 11.2 Å². The molecule has 1 fully saturated rings. The highest BCUT2D eigenvalue weighted by atomic mass is 79.9. The van der Waals surface area contributed by atoms with E-state index in [1.54, 1.807) is 0 Å². The molecule has 2 amide bonds. The number of hydrogen-bond acceptors (Lipinski definition) is 6. The van der Waals surface area contributed by atoms with Crippen LogP contribution in [0.25, 0.3) is 11.1 Å². The molecule has 1 aromatic carbocycles. The molecule has 2 aromatic heterocycles. The van der Waals surface area contributed by atoms with Gasteiger partial charge in [-0.25, -0.2) is 0 Å². The number of halogens is 1. The van der Waals surface area contributed by atoms with Crippen LogP contribution < -0.4 is 5.32 Å². The normalized spacial score (nSPS) is 20.7. The number of carbonyl (C=O) groups is 2. The zero-order chi connectivity index (χ0) is 22.1. The second-order valence-electron chi connectivity index (χ2n) is 7.60. The molecule has 0 saturated carbocycles. The first kappa shape index (κ1) is 21.6. The molecule has 0 spiro atoms. The molecule has 1 saturated heterocycles. The molecule has 0 radical (unpaired) electrons.